The van der Waals surface area contributed by atoms with Gasteiger partial charge in [-0.15, -0.1) is 0 Å². The van der Waals surface area contributed by atoms with Crippen LogP contribution in [0.15, 0.2) is 17.2 Å². The number of hydrogen-bond donors (Lipinski definition) is 2. The molecule has 0 atom stereocenters. The van der Waals surface area contributed by atoms with Crippen molar-refractivity contribution in [3.8, 4) is 0 Å². The fraction of sp³-hybridized carbons (Fsp3) is 0.588. The molecule has 2 aromatic rings. The lowest BCUT2D eigenvalue weighted by molar-refractivity contribution is 0.0945. The monoisotopic (exact) mass is 426 g/mol. The molecule has 11 heteroatoms. The summed E-state index contributed by atoms with van der Waals surface area (Å²) in [5, 5.41) is 9.74. The average Bonchev–Trinajstić information content (AvgIpc) is 3.25. The van der Waals surface area contributed by atoms with Crippen LogP contribution in [0.5, 0.6) is 0 Å². The Morgan fingerprint density at radius 3 is 2.71 bits per heavy atom. The lowest BCUT2D eigenvalue weighted by Crippen LogP contribution is -2.35. The van der Waals surface area contributed by atoms with E-state index in [4.69, 9.17) is 12.2 Å². The van der Waals surface area contributed by atoms with Gasteiger partial charge in [-0.2, -0.15) is 9.40 Å². The zero-order chi connectivity index (χ0) is 20.3. The number of aryl methyl sites for hydroxylation is 1. The highest BCUT2D eigenvalue weighted by Crippen LogP contribution is 2.22. The molecule has 2 N–H and O–H groups in total. The van der Waals surface area contributed by atoms with Crippen LogP contribution in [-0.4, -0.2) is 57.6 Å². The van der Waals surface area contributed by atoms with Gasteiger partial charge >= 0.3 is 0 Å². The molecule has 0 aromatic carbocycles. The Balaban J connectivity index is 1.66. The smallest absolute Gasteiger partial charge is 0.267 e. The summed E-state index contributed by atoms with van der Waals surface area (Å²) in [5.41, 5.74) is 0.310. The number of sulfonamides is 1. The molecule has 0 aliphatic carbocycles. The Morgan fingerprint density at radius 1 is 1.32 bits per heavy atom. The minimum absolute atomic E-state index is 0.161. The SMILES string of the molecule is CCn1c(CCNC(=O)c2cc(S(=O)(=O)N3CCCCC3)cn2C)n[nH]c1=S. The second-order valence-electron chi connectivity index (χ2n) is 6.83. The summed E-state index contributed by atoms with van der Waals surface area (Å²) < 4.78 is 31.1. The fourth-order valence-electron chi connectivity index (χ4n) is 3.40. The van der Waals surface area contributed by atoms with E-state index in [2.05, 4.69) is 15.5 Å². The summed E-state index contributed by atoms with van der Waals surface area (Å²) in [5.74, 6) is 0.452. The first-order valence-electron chi connectivity index (χ1n) is 9.43. The van der Waals surface area contributed by atoms with E-state index in [0.717, 1.165) is 25.1 Å². The van der Waals surface area contributed by atoms with Gasteiger partial charge in [0.05, 0.1) is 0 Å². The van der Waals surface area contributed by atoms with Crippen LogP contribution in [0, 0.1) is 4.77 Å². The van der Waals surface area contributed by atoms with Crippen molar-refractivity contribution in [1.29, 1.82) is 0 Å². The van der Waals surface area contributed by atoms with Crippen molar-refractivity contribution in [3.63, 3.8) is 0 Å². The van der Waals surface area contributed by atoms with Crippen LogP contribution < -0.4 is 5.32 Å². The zero-order valence-corrected chi connectivity index (χ0v) is 17.8. The number of H-pyrrole nitrogens is 1. The summed E-state index contributed by atoms with van der Waals surface area (Å²) in [7, 11) is -1.89. The third kappa shape index (κ3) is 4.20. The third-order valence-corrected chi connectivity index (χ3v) is 7.13. The molecule has 3 rings (SSSR count). The molecule has 0 spiro atoms. The topological polar surface area (TPSA) is 105 Å². The Hall–Kier alpha value is -1.98. The number of rotatable bonds is 7. The first kappa shape index (κ1) is 20.7. The molecule has 0 unspecified atom stereocenters. The number of aromatic nitrogens is 4. The first-order valence-corrected chi connectivity index (χ1v) is 11.3. The van der Waals surface area contributed by atoms with E-state index in [1.807, 2.05) is 11.5 Å². The van der Waals surface area contributed by atoms with Crippen molar-refractivity contribution in [1.82, 2.24) is 29.0 Å². The van der Waals surface area contributed by atoms with Gasteiger partial charge < -0.3 is 14.5 Å². The molecule has 28 heavy (non-hydrogen) atoms. The summed E-state index contributed by atoms with van der Waals surface area (Å²) in [4.78, 5) is 12.7. The maximum atomic E-state index is 12.8. The van der Waals surface area contributed by atoms with E-state index in [-0.39, 0.29) is 10.8 Å². The van der Waals surface area contributed by atoms with Gasteiger partial charge in [0.2, 0.25) is 10.0 Å². The van der Waals surface area contributed by atoms with Gasteiger partial charge in [-0.25, -0.2) is 8.42 Å². The van der Waals surface area contributed by atoms with Gasteiger partial charge in [0.15, 0.2) is 4.77 Å². The van der Waals surface area contributed by atoms with Crippen LogP contribution in [0.1, 0.15) is 42.5 Å². The van der Waals surface area contributed by atoms with Crippen molar-refractivity contribution < 1.29 is 13.2 Å². The normalized spacial score (nSPS) is 15.6. The summed E-state index contributed by atoms with van der Waals surface area (Å²) in [6.45, 7) is 4.11. The number of carbonyl (C=O) groups is 1. The number of carbonyl (C=O) groups excluding carboxylic acids is 1. The van der Waals surface area contributed by atoms with E-state index in [9.17, 15) is 13.2 Å². The molecule has 154 valence electrons. The van der Waals surface area contributed by atoms with Crippen LogP contribution in [0.2, 0.25) is 0 Å². The van der Waals surface area contributed by atoms with Gasteiger partial charge in [0, 0.05) is 45.8 Å². The number of piperidine rings is 1. The second-order valence-corrected chi connectivity index (χ2v) is 9.16. The number of amides is 1. The molecule has 1 aliphatic rings. The van der Waals surface area contributed by atoms with Crippen LogP contribution in [0.4, 0.5) is 0 Å². The maximum Gasteiger partial charge on any atom is 0.267 e. The van der Waals surface area contributed by atoms with Gasteiger partial charge in [-0.3, -0.25) is 9.89 Å². The lowest BCUT2D eigenvalue weighted by atomic mass is 10.2. The molecular formula is C17H26N6O3S2. The summed E-state index contributed by atoms with van der Waals surface area (Å²) >= 11 is 5.15. The van der Waals surface area contributed by atoms with Crippen molar-refractivity contribution >= 4 is 28.1 Å². The number of hydrogen-bond acceptors (Lipinski definition) is 5. The van der Waals surface area contributed by atoms with E-state index in [1.165, 1.54) is 16.6 Å². The number of nitrogens with one attached hydrogen (secondary N) is 2. The van der Waals surface area contributed by atoms with Crippen LogP contribution in [0.3, 0.4) is 0 Å². The highest BCUT2D eigenvalue weighted by atomic mass is 32.2. The second kappa shape index (κ2) is 8.58. The molecule has 0 radical (unpaired) electrons. The van der Waals surface area contributed by atoms with Crippen molar-refractivity contribution in [2.24, 2.45) is 7.05 Å². The quantitative estimate of drug-likeness (QED) is 0.652. The fourth-order valence-corrected chi connectivity index (χ4v) is 5.27. The van der Waals surface area contributed by atoms with Gasteiger partial charge in [0.25, 0.3) is 5.91 Å². The molecule has 0 saturated carbocycles. The Kier molecular flexibility index (Phi) is 6.36. The van der Waals surface area contributed by atoms with Crippen LogP contribution in [-0.2, 0) is 30.0 Å². The standard InChI is InChI=1S/C17H26N6O3S2/c1-3-23-15(19-20-17(23)27)7-8-18-16(24)14-11-13(12-21(14)2)28(25,26)22-9-5-4-6-10-22/h11-12H,3-10H2,1-2H3,(H,18,24)(H,20,27). The Labute approximate surface area is 169 Å². The molecule has 1 saturated heterocycles. The van der Waals surface area contributed by atoms with Crippen molar-refractivity contribution in [3.05, 3.63) is 28.6 Å². The third-order valence-electron chi connectivity index (χ3n) is 4.95. The molecule has 3 heterocycles. The molecule has 1 fully saturated rings. The largest absolute Gasteiger partial charge is 0.350 e. The van der Waals surface area contributed by atoms with Crippen molar-refractivity contribution in [2.75, 3.05) is 19.6 Å². The highest BCUT2D eigenvalue weighted by Gasteiger charge is 2.28. The van der Waals surface area contributed by atoms with Gasteiger partial charge in [-0.1, -0.05) is 6.42 Å². The van der Waals surface area contributed by atoms with E-state index in [0.29, 0.717) is 43.1 Å². The molecule has 0 bridgehead atoms. The molecular weight excluding hydrogens is 400 g/mol. The minimum Gasteiger partial charge on any atom is -0.350 e. The van der Waals surface area contributed by atoms with E-state index < -0.39 is 10.0 Å². The Bertz CT molecular complexity index is 999. The van der Waals surface area contributed by atoms with E-state index in [1.54, 1.807) is 11.6 Å². The molecule has 2 aromatic heterocycles. The lowest BCUT2D eigenvalue weighted by Gasteiger charge is -2.25. The van der Waals surface area contributed by atoms with Crippen LogP contribution in [0.25, 0.3) is 0 Å². The number of aromatic amines is 1. The van der Waals surface area contributed by atoms with Crippen LogP contribution >= 0.6 is 12.2 Å². The first-order chi connectivity index (χ1) is 13.3. The Morgan fingerprint density at radius 2 is 2.04 bits per heavy atom. The average molecular weight is 427 g/mol. The van der Waals surface area contributed by atoms with Gasteiger partial charge in [0.1, 0.15) is 16.4 Å². The van der Waals surface area contributed by atoms with Gasteiger partial charge in [-0.05, 0) is 38.0 Å². The maximum absolute atomic E-state index is 12.8. The van der Waals surface area contributed by atoms with E-state index >= 15 is 0 Å². The summed E-state index contributed by atoms with van der Waals surface area (Å²) in [6.07, 6.45) is 4.82. The zero-order valence-electron chi connectivity index (χ0n) is 16.1. The molecule has 1 amide bonds. The summed E-state index contributed by atoms with van der Waals surface area (Å²) in [6, 6.07) is 1.45. The minimum atomic E-state index is -3.56. The molecule has 1 aliphatic heterocycles. The predicted octanol–water partition coefficient (Wildman–Crippen LogP) is 1.45. The molecule has 9 nitrogen and oxygen atoms in total. The number of nitrogens with zero attached hydrogens (tertiary/aromatic N) is 4. The highest BCUT2D eigenvalue weighted by molar-refractivity contribution is 7.89. The van der Waals surface area contributed by atoms with Crippen molar-refractivity contribution in [2.45, 2.75) is 44.0 Å². The predicted molar refractivity (Wildman–Crippen MR) is 107 cm³/mol.